The first kappa shape index (κ1) is 115. The Kier molecular flexibility index (Phi) is 42.8. The van der Waals surface area contributed by atoms with Crippen LogP contribution in [0, 0.1) is 107 Å². The molecule has 0 bridgehead atoms. The number of methoxy groups -OCH3 is 2. The SMILES string of the molecule is C=CCC.C=CCC.C=CCC.C=CCC.CCC1CO1.CCC1CO1.CCC1CO1.CCC1CO1.COc1ccc(C(c2ccc(Oc3c(F)c(F)c(-c4nnc(-c5c(F)c(F)c(C)c(F)c5F)o4)c(F)c3F)cc2)(C(F)(F)F)C(F)(F)F)cc1.COc1ccc(C(c2ccc(Oc3c(F)c(F)c(-c4nnc(-c5c(F)c(F)c(C)c(F)c5F)o4)c(F)c3F)cc2)(C(F)(F)F)C(F)(F)F)cc1. The normalized spacial score (nSPS) is 14.9. The van der Waals surface area contributed by atoms with Gasteiger partial charge in [0.2, 0.25) is 45.6 Å². The Balaban J connectivity index is 0.000000350. The number of hydrogen-bond donors (Lipinski definition) is 0. The van der Waals surface area contributed by atoms with Crippen LogP contribution in [0.15, 0.2) is 157 Å². The van der Waals surface area contributed by atoms with Crippen molar-refractivity contribution in [1.29, 1.82) is 0 Å². The van der Waals surface area contributed by atoms with Gasteiger partial charge in [-0.15, -0.1) is 46.7 Å². The number of ether oxygens (including phenoxy) is 8. The zero-order valence-corrected chi connectivity index (χ0v) is 74.6. The molecular formula is C94H92F28N4O10. The lowest BCUT2D eigenvalue weighted by molar-refractivity contribution is -0.290. The van der Waals surface area contributed by atoms with E-state index in [4.69, 9.17) is 37.9 Å². The van der Waals surface area contributed by atoms with Crippen molar-refractivity contribution in [1.82, 2.24) is 20.4 Å². The Hall–Kier alpha value is -11.9. The summed E-state index contributed by atoms with van der Waals surface area (Å²) in [6.07, 6.45) is -4.92. The highest BCUT2D eigenvalue weighted by atomic mass is 19.4. The van der Waals surface area contributed by atoms with Crippen LogP contribution >= 0.6 is 0 Å². The van der Waals surface area contributed by atoms with Gasteiger partial charge in [-0.25, -0.2) is 52.7 Å². The average molecular weight is 1970 g/mol. The summed E-state index contributed by atoms with van der Waals surface area (Å²) in [6.45, 7) is 36.1. The van der Waals surface area contributed by atoms with E-state index in [2.05, 4.69) is 111 Å². The van der Waals surface area contributed by atoms with Crippen molar-refractivity contribution in [2.75, 3.05) is 40.6 Å². The number of halogens is 28. The van der Waals surface area contributed by atoms with Crippen LogP contribution in [-0.2, 0) is 29.8 Å². The molecule has 0 saturated carbocycles. The van der Waals surface area contributed by atoms with Crippen LogP contribution in [0.2, 0.25) is 0 Å². The van der Waals surface area contributed by atoms with Gasteiger partial charge in [-0.2, -0.15) is 70.2 Å². The molecule has 4 fully saturated rings. The highest BCUT2D eigenvalue weighted by molar-refractivity contribution is 5.65. The lowest BCUT2D eigenvalue weighted by Crippen LogP contribution is -2.54. The molecule has 2 aromatic heterocycles. The molecule has 744 valence electrons. The highest BCUT2D eigenvalue weighted by Crippen LogP contribution is 2.59. The molecule has 136 heavy (non-hydrogen) atoms. The smallest absolute Gasteiger partial charge is 0.411 e. The zero-order valence-electron chi connectivity index (χ0n) is 74.6. The molecule has 14 rings (SSSR count). The van der Waals surface area contributed by atoms with Gasteiger partial charge < -0.3 is 46.7 Å². The predicted octanol–water partition coefficient (Wildman–Crippen LogP) is 29.6. The molecule has 4 saturated heterocycles. The van der Waals surface area contributed by atoms with Gasteiger partial charge >= 0.3 is 24.7 Å². The summed E-state index contributed by atoms with van der Waals surface area (Å²) >= 11 is 0. The number of rotatable bonds is 22. The van der Waals surface area contributed by atoms with Gasteiger partial charge in [-0.05, 0) is 136 Å². The summed E-state index contributed by atoms with van der Waals surface area (Å²) in [5.41, 5.74) is -23.7. The largest absolute Gasteiger partial charge is 0.497 e. The molecule has 42 heteroatoms. The van der Waals surface area contributed by atoms with E-state index in [1.54, 1.807) is 0 Å². The topological polar surface area (TPSA) is 165 Å². The van der Waals surface area contributed by atoms with E-state index >= 15 is 35.1 Å². The van der Waals surface area contributed by atoms with Gasteiger partial charge in [0.25, 0.3) is 23.6 Å². The zero-order chi connectivity index (χ0) is 103. The Morgan fingerprint density at radius 3 is 0.581 bits per heavy atom. The van der Waals surface area contributed by atoms with E-state index in [9.17, 15) is 87.8 Å². The standard InChI is InChI=1S/2C31H14F14N2O3.4C4H8O.4C4H8/c2*1-11-18(32)20(34)16(21(35)19(11)33)27-46-47-28(50-27)17-22(36)24(38)26(25(39)23(17)37)49-15-9-5-13(6-10-15)29(30(40,41)42,31(43,44)45)12-3-7-14(48-2)8-4-12;4*1-2-4-3-5-4;4*1-3-4-2/h2*3-10H,1-2H3;4*4H,2-3H2,1H3;4*3H,1,4H2,2H3. The van der Waals surface area contributed by atoms with Crippen LogP contribution in [0.5, 0.6) is 34.5 Å². The molecule has 0 radical (unpaired) electrons. The number of aromatic nitrogens is 4. The molecule has 4 aliphatic heterocycles. The number of nitrogens with zero attached hydrogens (tertiary/aromatic N) is 4. The molecular weight excluding hydrogens is 1880 g/mol. The lowest BCUT2D eigenvalue weighted by atomic mass is 9.73. The molecule has 0 N–H and O–H groups in total. The number of allylic oxidation sites excluding steroid dienone is 4. The van der Waals surface area contributed by atoms with Crippen LogP contribution in [0.1, 0.15) is 140 Å². The van der Waals surface area contributed by atoms with Gasteiger partial charge in [-0.1, -0.05) is 128 Å². The third-order valence-corrected chi connectivity index (χ3v) is 19.5. The summed E-state index contributed by atoms with van der Waals surface area (Å²) in [5.74, 6) is -46.1. The van der Waals surface area contributed by atoms with Crippen molar-refractivity contribution in [3.8, 4) is 80.3 Å². The maximum absolute atomic E-state index is 15.1. The Morgan fingerprint density at radius 1 is 0.287 bits per heavy atom. The van der Waals surface area contributed by atoms with Crippen molar-refractivity contribution in [2.24, 2.45) is 0 Å². The summed E-state index contributed by atoms with van der Waals surface area (Å²) in [6, 6.07) is 8.16. The molecule has 4 atom stereocenters. The minimum Gasteiger partial charge on any atom is -0.497 e. The Labute approximate surface area is 762 Å². The molecule has 4 aliphatic rings. The van der Waals surface area contributed by atoms with E-state index in [1.807, 2.05) is 24.3 Å². The first-order valence-electron chi connectivity index (χ1n) is 41.0. The second-order valence-electron chi connectivity index (χ2n) is 28.7. The average Bonchev–Trinajstić information content (AvgIpc) is 1.35. The first-order valence-corrected chi connectivity index (χ1v) is 41.0. The number of epoxide rings is 4. The maximum atomic E-state index is 15.1. The van der Waals surface area contributed by atoms with Gasteiger partial charge in [-0.3, -0.25) is 0 Å². The fraction of sp³-hybridized carbons (Fsp3) is 0.362. The van der Waals surface area contributed by atoms with Crippen LogP contribution in [0.3, 0.4) is 0 Å². The van der Waals surface area contributed by atoms with E-state index in [1.165, 1.54) is 25.7 Å². The molecule has 14 nitrogen and oxygen atoms in total. The third kappa shape index (κ3) is 27.7. The third-order valence-electron chi connectivity index (χ3n) is 19.5. The monoisotopic (exact) mass is 1970 g/mol. The van der Waals surface area contributed by atoms with Gasteiger partial charge in [0.1, 0.15) is 45.3 Å². The van der Waals surface area contributed by atoms with E-state index in [-0.39, 0.29) is 35.8 Å². The predicted molar refractivity (Wildman–Crippen MR) is 446 cm³/mol. The minimum absolute atomic E-state index is 0.0651. The van der Waals surface area contributed by atoms with Crippen molar-refractivity contribution in [2.45, 2.75) is 181 Å². The van der Waals surface area contributed by atoms with Crippen LogP contribution in [0.25, 0.3) is 45.8 Å². The quantitative estimate of drug-likeness (QED) is 0.0272. The molecule has 6 heterocycles. The summed E-state index contributed by atoms with van der Waals surface area (Å²) in [7, 11) is 2.24. The number of benzene rings is 8. The molecule has 8 aromatic carbocycles. The molecule has 0 amide bonds. The number of alkyl halides is 12. The summed E-state index contributed by atoms with van der Waals surface area (Å²) in [4.78, 5) is 0. The molecule has 10 aromatic rings. The molecule has 0 spiro atoms. The lowest BCUT2D eigenvalue weighted by Gasteiger charge is -2.38. The molecule has 0 aliphatic carbocycles. The summed E-state index contributed by atoms with van der Waals surface area (Å²) < 4.78 is 454. The van der Waals surface area contributed by atoms with Crippen LogP contribution < -0.4 is 18.9 Å². The van der Waals surface area contributed by atoms with Gasteiger partial charge in [0.05, 0.1) is 65.1 Å². The van der Waals surface area contributed by atoms with E-state index in [0.29, 0.717) is 86.8 Å². The van der Waals surface area contributed by atoms with Crippen LogP contribution in [-0.4, -0.2) is 110 Å². The van der Waals surface area contributed by atoms with Crippen LogP contribution in [0.4, 0.5) is 123 Å². The van der Waals surface area contributed by atoms with E-state index in [0.717, 1.165) is 90.6 Å². The Bertz CT molecular complexity index is 5050. The number of hydrogen-bond acceptors (Lipinski definition) is 14. The van der Waals surface area contributed by atoms with Gasteiger partial charge in [0, 0.05) is 11.1 Å². The minimum atomic E-state index is -6.02. The van der Waals surface area contributed by atoms with Crippen molar-refractivity contribution >= 4 is 0 Å². The fourth-order valence-electron chi connectivity index (χ4n) is 11.1. The van der Waals surface area contributed by atoms with Crippen molar-refractivity contribution < 1.29 is 170 Å². The second kappa shape index (κ2) is 50.8. The fourth-order valence-corrected chi connectivity index (χ4v) is 11.1. The van der Waals surface area contributed by atoms with Gasteiger partial charge in [0.15, 0.2) is 69.8 Å². The highest BCUT2D eigenvalue weighted by Gasteiger charge is 2.74. The van der Waals surface area contributed by atoms with E-state index < -0.39 is 231 Å². The van der Waals surface area contributed by atoms with Crippen molar-refractivity contribution in [3.05, 3.63) is 274 Å². The second-order valence-corrected chi connectivity index (χ2v) is 28.7. The maximum Gasteiger partial charge on any atom is 0.411 e. The van der Waals surface area contributed by atoms with Crippen molar-refractivity contribution in [3.63, 3.8) is 0 Å². The first-order chi connectivity index (χ1) is 63.9. The Morgan fingerprint density at radius 2 is 0.449 bits per heavy atom. The molecule has 4 unspecified atom stereocenters. The summed E-state index contributed by atoms with van der Waals surface area (Å²) in [5, 5.41) is 12.1.